The number of anilines is 2. The minimum Gasteiger partial charge on any atom is -0.481 e. The van der Waals surface area contributed by atoms with Gasteiger partial charge in [0, 0.05) is 6.07 Å². The lowest BCUT2D eigenvalue weighted by molar-refractivity contribution is -0.138. The van der Waals surface area contributed by atoms with E-state index in [0.29, 0.717) is 0 Å². The molecule has 0 saturated heterocycles. The van der Waals surface area contributed by atoms with Crippen molar-refractivity contribution in [3.8, 4) is 18.1 Å². The topological polar surface area (TPSA) is 97.0 Å². The summed E-state index contributed by atoms with van der Waals surface area (Å²) in [4.78, 5) is 36.3. The summed E-state index contributed by atoms with van der Waals surface area (Å²) in [5.41, 5.74) is -2.24. The second kappa shape index (κ2) is 9.17. The predicted molar refractivity (Wildman–Crippen MR) is 96.0 cm³/mol. The van der Waals surface area contributed by atoms with Gasteiger partial charge in [-0.15, -0.1) is 6.42 Å². The second-order valence-corrected chi connectivity index (χ2v) is 5.66. The molecule has 8 nitrogen and oxygen atoms in total. The van der Waals surface area contributed by atoms with E-state index < -0.39 is 41.3 Å². The molecule has 0 bridgehead atoms. The zero-order chi connectivity index (χ0) is 22.5. The number of amides is 3. The highest BCUT2D eigenvalue weighted by Crippen LogP contribution is 2.36. The van der Waals surface area contributed by atoms with Crippen LogP contribution in [0.3, 0.4) is 0 Å². The number of nitrogens with zero attached hydrogens (tertiary/aromatic N) is 1. The van der Waals surface area contributed by atoms with Crippen LogP contribution in [0.15, 0.2) is 23.9 Å². The van der Waals surface area contributed by atoms with Crippen LogP contribution in [0.2, 0.25) is 0 Å². The Labute approximate surface area is 167 Å². The summed E-state index contributed by atoms with van der Waals surface area (Å²) >= 11 is 0. The summed E-state index contributed by atoms with van der Waals surface area (Å²) < 4.78 is 62.8. The molecule has 2 N–H and O–H groups in total. The molecule has 12 heteroatoms. The quantitative estimate of drug-likeness (QED) is 0.324. The normalized spacial score (nSPS) is 13.7. The monoisotopic (exact) mass is 429 g/mol. The summed E-state index contributed by atoms with van der Waals surface area (Å²) in [5.74, 6) is -0.698. The van der Waals surface area contributed by atoms with Crippen LogP contribution >= 0.6 is 0 Å². The standard InChI is InChI=1S/C18H15F4N3O5/c1-3-5-25-12-7-11(10(19)6-13(12)30-9-15(25)26)23-17(28)24-14(18(20,21)22)8-16(27)29-4-2/h1,6-8H,4-5,9H2,2H3,(H2,23,24,28). The first kappa shape index (κ1) is 22.5. The maximum atomic E-state index is 14.3. The minimum absolute atomic E-state index is 0.0269. The lowest BCUT2D eigenvalue weighted by Gasteiger charge is -2.28. The molecular weight excluding hydrogens is 414 g/mol. The number of benzene rings is 1. The number of hydrogen-bond acceptors (Lipinski definition) is 5. The van der Waals surface area contributed by atoms with Crippen molar-refractivity contribution in [2.75, 3.05) is 30.0 Å². The Kier molecular flexibility index (Phi) is 6.89. The van der Waals surface area contributed by atoms with Crippen molar-refractivity contribution in [1.82, 2.24) is 5.32 Å². The molecule has 0 spiro atoms. The highest BCUT2D eigenvalue weighted by atomic mass is 19.4. The van der Waals surface area contributed by atoms with Gasteiger partial charge >= 0.3 is 18.2 Å². The van der Waals surface area contributed by atoms with Crippen LogP contribution in [0.1, 0.15) is 6.92 Å². The third-order valence-corrected chi connectivity index (χ3v) is 3.59. The Morgan fingerprint density at radius 1 is 1.40 bits per heavy atom. The van der Waals surface area contributed by atoms with Crippen molar-refractivity contribution >= 4 is 29.3 Å². The number of esters is 1. The van der Waals surface area contributed by atoms with E-state index >= 15 is 0 Å². The zero-order valence-corrected chi connectivity index (χ0v) is 15.4. The molecule has 0 unspecified atom stereocenters. The minimum atomic E-state index is -5.09. The van der Waals surface area contributed by atoms with Crippen molar-refractivity contribution in [1.29, 1.82) is 0 Å². The summed E-state index contributed by atoms with van der Waals surface area (Å²) in [6.45, 7) is 0.653. The van der Waals surface area contributed by atoms with Crippen molar-refractivity contribution in [3.05, 3.63) is 29.7 Å². The summed E-state index contributed by atoms with van der Waals surface area (Å²) in [5, 5.41) is 3.30. The molecule has 0 atom stereocenters. The van der Waals surface area contributed by atoms with Gasteiger partial charge in [-0.1, -0.05) is 5.92 Å². The number of allylic oxidation sites excluding steroid dienone is 1. The van der Waals surface area contributed by atoms with Crippen molar-refractivity contribution in [2.24, 2.45) is 0 Å². The molecule has 0 aromatic heterocycles. The summed E-state index contributed by atoms with van der Waals surface area (Å²) in [6.07, 6.45) is 0.149. The Balaban J connectivity index is 2.27. The largest absolute Gasteiger partial charge is 0.481 e. The van der Waals surface area contributed by atoms with Gasteiger partial charge in [-0.25, -0.2) is 14.0 Å². The number of hydrogen-bond donors (Lipinski definition) is 2. The van der Waals surface area contributed by atoms with Crippen LogP contribution in [0.25, 0.3) is 0 Å². The number of ether oxygens (including phenoxy) is 2. The fraction of sp³-hybridized carbons (Fsp3) is 0.278. The van der Waals surface area contributed by atoms with Gasteiger partial charge in [-0.05, 0) is 13.0 Å². The SMILES string of the molecule is C#CCN1C(=O)COc2cc(F)c(NC(=O)NC(=CC(=O)OCC)C(F)(F)F)cc21. The van der Waals surface area contributed by atoms with E-state index in [9.17, 15) is 31.9 Å². The first-order chi connectivity index (χ1) is 14.1. The molecule has 30 heavy (non-hydrogen) atoms. The Morgan fingerprint density at radius 2 is 2.10 bits per heavy atom. The van der Waals surface area contributed by atoms with Crippen molar-refractivity contribution in [2.45, 2.75) is 13.1 Å². The number of rotatable bonds is 5. The van der Waals surface area contributed by atoms with Gasteiger partial charge in [-0.3, -0.25) is 9.69 Å². The number of carbonyl (C=O) groups is 3. The zero-order valence-electron chi connectivity index (χ0n) is 15.4. The molecule has 1 aliphatic rings. The summed E-state index contributed by atoms with van der Waals surface area (Å²) in [7, 11) is 0. The predicted octanol–water partition coefficient (Wildman–Crippen LogP) is 2.32. The van der Waals surface area contributed by atoms with Crippen LogP contribution in [-0.4, -0.2) is 43.8 Å². The highest BCUT2D eigenvalue weighted by Gasteiger charge is 2.36. The molecule has 3 amide bonds. The van der Waals surface area contributed by atoms with Crippen molar-refractivity contribution < 1.29 is 41.4 Å². The molecule has 0 saturated carbocycles. The van der Waals surface area contributed by atoms with Crippen LogP contribution < -0.4 is 20.3 Å². The maximum absolute atomic E-state index is 14.3. The Hall–Kier alpha value is -3.75. The van der Waals surface area contributed by atoms with E-state index in [1.165, 1.54) is 12.2 Å². The van der Waals surface area contributed by atoms with Gasteiger partial charge < -0.3 is 20.1 Å². The summed E-state index contributed by atoms with van der Waals surface area (Å²) in [6, 6.07) is 0.342. The molecule has 160 valence electrons. The van der Waals surface area contributed by atoms with Crippen LogP contribution in [-0.2, 0) is 14.3 Å². The van der Waals surface area contributed by atoms with E-state index in [1.807, 2.05) is 5.32 Å². The molecule has 1 aromatic carbocycles. The third kappa shape index (κ3) is 5.40. The number of fused-ring (bicyclic) bond motifs is 1. The number of halogens is 4. The molecule has 2 rings (SSSR count). The first-order valence-electron chi connectivity index (χ1n) is 8.30. The molecule has 0 fully saturated rings. The number of urea groups is 1. The second-order valence-electron chi connectivity index (χ2n) is 5.66. The molecule has 1 heterocycles. The molecule has 1 aliphatic heterocycles. The Bertz CT molecular complexity index is 937. The molecule has 1 aromatic rings. The van der Waals surface area contributed by atoms with Gasteiger partial charge in [-0.2, -0.15) is 13.2 Å². The van der Waals surface area contributed by atoms with E-state index in [2.05, 4.69) is 10.7 Å². The van der Waals surface area contributed by atoms with Gasteiger partial charge in [0.25, 0.3) is 5.91 Å². The first-order valence-corrected chi connectivity index (χ1v) is 8.30. The van der Waals surface area contributed by atoms with Crippen LogP contribution in [0.4, 0.5) is 33.7 Å². The lowest BCUT2D eigenvalue weighted by atomic mass is 10.2. The van der Waals surface area contributed by atoms with Crippen LogP contribution in [0, 0.1) is 18.2 Å². The van der Waals surface area contributed by atoms with Gasteiger partial charge in [0.15, 0.2) is 12.4 Å². The van der Waals surface area contributed by atoms with Crippen molar-refractivity contribution in [3.63, 3.8) is 0 Å². The highest BCUT2D eigenvalue weighted by molar-refractivity contribution is 6.00. The van der Waals surface area contributed by atoms with Gasteiger partial charge in [0.05, 0.1) is 30.6 Å². The third-order valence-electron chi connectivity index (χ3n) is 3.59. The smallest absolute Gasteiger partial charge is 0.431 e. The fourth-order valence-electron chi connectivity index (χ4n) is 2.35. The number of alkyl halides is 3. The lowest BCUT2D eigenvalue weighted by Crippen LogP contribution is -2.39. The number of carbonyl (C=O) groups excluding carboxylic acids is 3. The van der Waals surface area contributed by atoms with E-state index in [4.69, 9.17) is 11.2 Å². The fourth-order valence-corrected chi connectivity index (χ4v) is 2.35. The maximum Gasteiger partial charge on any atom is 0.431 e. The van der Waals surface area contributed by atoms with E-state index in [1.54, 1.807) is 0 Å². The van der Waals surface area contributed by atoms with Gasteiger partial charge in [0.1, 0.15) is 11.4 Å². The number of terminal acetylenes is 1. The Morgan fingerprint density at radius 3 is 2.70 bits per heavy atom. The van der Waals surface area contributed by atoms with E-state index in [0.717, 1.165) is 17.0 Å². The van der Waals surface area contributed by atoms with Crippen LogP contribution in [0.5, 0.6) is 5.75 Å². The average molecular weight is 429 g/mol. The van der Waals surface area contributed by atoms with E-state index in [-0.39, 0.29) is 37.3 Å². The molecule has 0 radical (unpaired) electrons. The molecular formula is C18H15F4N3O5. The van der Waals surface area contributed by atoms with Gasteiger partial charge in [0.2, 0.25) is 0 Å². The average Bonchev–Trinajstić information content (AvgIpc) is 2.64. The number of nitrogens with one attached hydrogen (secondary N) is 2. The molecule has 0 aliphatic carbocycles.